The van der Waals surface area contributed by atoms with Gasteiger partial charge in [0.2, 0.25) is 6.79 Å². The van der Waals surface area contributed by atoms with E-state index in [4.69, 9.17) is 18.9 Å². The Balaban J connectivity index is 1.55. The van der Waals surface area contributed by atoms with E-state index < -0.39 is 0 Å². The molecule has 0 aliphatic carbocycles. The molecule has 0 fully saturated rings. The summed E-state index contributed by atoms with van der Waals surface area (Å²) in [6.45, 7) is 1.04. The molecule has 0 spiro atoms. The van der Waals surface area contributed by atoms with Crippen LogP contribution in [-0.2, 0) is 13.1 Å². The molecule has 31 heavy (non-hydrogen) atoms. The molecule has 3 aromatic carbocycles. The molecule has 1 aliphatic rings. The fourth-order valence-corrected chi connectivity index (χ4v) is 3.31. The van der Waals surface area contributed by atoms with Crippen LogP contribution < -0.4 is 24.3 Å². The largest absolute Gasteiger partial charge is 0.497 e. The van der Waals surface area contributed by atoms with Crippen LogP contribution in [0.4, 0.5) is 10.5 Å². The number of rotatable bonds is 7. The lowest BCUT2D eigenvalue weighted by atomic mass is 10.1. The Hall–Kier alpha value is -3.87. The van der Waals surface area contributed by atoms with E-state index >= 15 is 0 Å². The first-order valence-corrected chi connectivity index (χ1v) is 9.86. The van der Waals surface area contributed by atoms with Crippen LogP contribution in [0.25, 0.3) is 0 Å². The number of hydrogen-bond donors (Lipinski definition) is 1. The van der Waals surface area contributed by atoms with E-state index in [1.54, 1.807) is 25.2 Å². The first kappa shape index (κ1) is 20.4. The molecule has 0 unspecified atom stereocenters. The van der Waals surface area contributed by atoms with Crippen molar-refractivity contribution in [3.63, 3.8) is 0 Å². The SMILES string of the molecule is COc1ccc(CN(Cc2ccc3c(c2)OCO3)C(=O)Nc2cccc(OC)c2)cc1. The van der Waals surface area contributed by atoms with Gasteiger partial charge in [0.05, 0.1) is 14.2 Å². The van der Waals surface area contributed by atoms with Crippen molar-refractivity contribution in [3.8, 4) is 23.0 Å². The molecule has 4 rings (SSSR count). The zero-order chi connectivity index (χ0) is 21.6. The summed E-state index contributed by atoms with van der Waals surface area (Å²) in [5.41, 5.74) is 2.59. The third kappa shape index (κ3) is 5.01. The van der Waals surface area contributed by atoms with E-state index in [1.165, 1.54) is 0 Å². The summed E-state index contributed by atoms with van der Waals surface area (Å²) in [7, 11) is 3.22. The van der Waals surface area contributed by atoms with Gasteiger partial charge < -0.3 is 29.2 Å². The maximum Gasteiger partial charge on any atom is 0.322 e. The predicted octanol–water partition coefficient (Wildman–Crippen LogP) is 4.67. The second kappa shape index (κ2) is 9.30. The Morgan fingerprint density at radius 3 is 2.35 bits per heavy atom. The van der Waals surface area contributed by atoms with Gasteiger partial charge in [0.25, 0.3) is 0 Å². The second-order valence-electron chi connectivity index (χ2n) is 7.05. The lowest BCUT2D eigenvalue weighted by molar-refractivity contribution is 0.174. The smallest absolute Gasteiger partial charge is 0.322 e. The van der Waals surface area contributed by atoms with E-state index in [0.717, 1.165) is 16.9 Å². The summed E-state index contributed by atoms with van der Waals surface area (Å²) < 4.78 is 21.3. The number of nitrogens with one attached hydrogen (secondary N) is 1. The van der Waals surface area contributed by atoms with Gasteiger partial charge in [-0.15, -0.1) is 0 Å². The third-order valence-corrected chi connectivity index (χ3v) is 4.95. The van der Waals surface area contributed by atoms with Crippen molar-refractivity contribution in [2.75, 3.05) is 26.3 Å². The van der Waals surface area contributed by atoms with Gasteiger partial charge >= 0.3 is 6.03 Å². The van der Waals surface area contributed by atoms with Gasteiger partial charge in [-0.2, -0.15) is 0 Å². The standard InChI is InChI=1S/C24H24N2O5/c1-28-20-9-6-17(7-10-20)14-26(15-18-8-11-22-23(12-18)31-16-30-22)24(27)25-19-4-3-5-21(13-19)29-2/h3-13H,14-16H2,1-2H3,(H,25,27). The van der Waals surface area contributed by atoms with E-state index in [9.17, 15) is 4.79 Å². The average Bonchev–Trinajstić information content (AvgIpc) is 3.27. The van der Waals surface area contributed by atoms with Crippen molar-refractivity contribution in [3.05, 3.63) is 77.9 Å². The van der Waals surface area contributed by atoms with Gasteiger partial charge in [-0.3, -0.25) is 0 Å². The molecule has 0 atom stereocenters. The van der Waals surface area contributed by atoms with Gasteiger partial charge in [0, 0.05) is 24.8 Å². The van der Waals surface area contributed by atoms with Gasteiger partial charge in [-0.1, -0.05) is 24.3 Å². The maximum absolute atomic E-state index is 13.2. The number of hydrogen-bond acceptors (Lipinski definition) is 5. The maximum atomic E-state index is 13.2. The minimum atomic E-state index is -0.221. The topological polar surface area (TPSA) is 69.3 Å². The molecule has 1 N–H and O–H groups in total. The van der Waals surface area contributed by atoms with Crippen LogP contribution in [0, 0.1) is 0 Å². The van der Waals surface area contributed by atoms with E-state index in [2.05, 4.69) is 5.32 Å². The van der Waals surface area contributed by atoms with Crippen molar-refractivity contribution in [2.45, 2.75) is 13.1 Å². The first-order chi connectivity index (χ1) is 15.1. The Kier molecular flexibility index (Phi) is 6.12. The molecule has 0 saturated carbocycles. The molecule has 0 radical (unpaired) electrons. The highest BCUT2D eigenvalue weighted by Gasteiger charge is 2.18. The number of fused-ring (bicyclic) bond motifs is 1. The molecule has 7 heteroatoms. The molecule has 7 nitrogen and oxygen atoms in total. The summed E-state index contributed by atoms with van der Waals surface area (Å²) in [6.07, 6.45) is 0. The number of anilines is 1. The normalized spacial score (nSPS) is 11.7. The Morgan fingerprint density at radius 2 is 1.58 bits per heavy atom. The number of urea groups is 1. The van der Waals surface area contributed by atoms with Crippen molar-refractivity contribution in [2.24, 2.45) is 0 Å². The molecule has 0 aromatic heterocycles. The fourth-order valence-electron chi connectivity index (χ4n) is 3.31. The molecule has 1 heterocycles. The van der Waals surface area contributed by atoms with Crippen LogP contribution in [0.2, 0.25) is 0 Å². The first-order valence-electron chi connectivity index (χ1n) is 9.86. The average molecular weight is 420 g/mol. The number of amides is 2. The molecular weight excluding hydrogens is 396 g/mol. The van der Waals surface area contributed by atoms with Crippen LogP contribution in [0.1, 0.15) is 11.1 Å². The lowest BCUT2D eigenvalue weighted by Crippen LogP contribution is -2.34. The summed E-state index contributed by atoms with van der Waals surface area (Å²) in [5.74, 6) is 2.85. The lowest BCUT2D eigenvalue weighted by Gasteiger charge is -2.24. The number of benzene rings is 3. The van der Waals surface area contributed by atoms with E-state index in [1.807, 2.05) is 60.7 Å². The van der Waals surface area contributed by atoms with E-state index in [-0.39, 0.29) is 12.8 Å². The number of ether oxygens (including phenoxy) is 4. The molecule has 160 valence electrons. The van der Waals surface area contributed by atoms with Gasteiger partial charge in [0.15, 0.2) is 11.5 Å². The van der Waals surface area contributed by atoms with Crippen LogP contribution in [-0.4, -0.2) is 31.9 Å². The summed E-state index contributed by atoms with van der Waals surface area (Å²) in [4.78, 5) is 14.9. The van der Waals surface area contributed by atoms with E-state index in [0.29, 0.717) is 36.0 Å². The molecule has 2 amide bonds. The molecule has 3 aromatic rings. The third-order valence-electron chi connectivity index (χ3n) is 4.95. The number of nitrogens with zero attached hydrogens (tertiary/aromatic N) is 1. The fraction of sp³-hybridized carbons (Fsp3) is 0.208. The molecule has 1 aliphatic heterocycles. The number of carbonyl (C=O) groups is 1. The van der Waals surface area contributed by atoms with Crippen LogP contribution >= 0.6 is 0 Å². The quantitative estimate of drug-likeness (QED) is 0.602. The summed E-state index contributed by atoms with van der Waals surface area (Å²) in [6, 6.07) is 20.4. The number of methoxy groups -OCH3 is 2. The minimum Gasteiger partial charge on any atom is -0.497 e. The monoisotopic (exact) mass is 420 g/mol. The van der Waals surface area contributed by atoms with Crippen molar-refractivity contribution < 1.29 is 23.7 Å². The highest BCUT2D eigenvalue weighted by atomic mass is 16.7. The summed E-state index contributed by atoms with van der Waals surface area (Å²) >= 11 is 0. The van der Waals surface area contributed by atoms with Gasteiger partial charge in [-0.05, 0) is 47.5 Å². The van der Waals surface area contributed by atoms with Crippen LogP contribution in [0.5, 0.6) is 23.0 Å². The van der Waals surface area contributed by atoms with Crippen molar-refractivity contribution in [1.29, 1.82) is 0 Å². The second-order valence-corrected chi connectivity index (χ2v) is 7.05. The molecular formula is C24H24N2O5. The molecule has 0 saturated heterocycles. The van der Waals surface area contributed by atoms with Gasteiger partial charge in [-0.25, -0.2) is 4.79 Å². The highest BCUT2D eigenvalue weighted by Crippen LogP contribution is 2.33. The summed E-state index contributed by atoms with van der Waals surface area (Å²) in [5, 5.41) is 2.96. The van der Waals surface area contributed by atoms with Crippen molar-refractivity contribution >= 4 is 11.7 Å². The van der Waals surface area contributed by atoms with Crippen molar-refractivity contribution in [1.82, 2.24) is 4.90 Å². The van der Waals surface area contributed by atoms with Crippen LogP contribution in [0.3, 0.4) is 0 Å². The number of carbonyl (C=O) groups excluding carboxylic acids is 1. The zero-order valence-corrected chi connectivity index (χ0v) is 17.5. The highest BCUT2D eigenvalue weighted by molar-refractivity contribution is 5.89. The van der Waals surface area contributed by atoms with Crippen LogP contribution in [0.15, 0.2) is 66.7 Å². The molecule has 0 bridgehead atoms. The Morgan fingerprint density at radius 1 is 0.871 bits per heavy atom. The Bertz CT molecular complexity index is 1050. The predicted molar refractivity (Wildman–Crippen MR) is 117 cm³/mol. The van der Waals surface area contributed by atoms with Gasteiger partial charge in [0.1, 0.15) is 11.5 Å². The minimum absolute atomic E-state index is 0.213. The Labute approximate surface area is 181 Å². The zero-order valence-electron chi connectivity index (χ0n) is 17.5.